The second-order valence-corrected chi connectivity index (χ2v) is 6.94. The normalized spacial score (nSPS) is 18.7. The summed E-state index contributed by atoms with van der Waals surface area (Å²) in [5.41, 5.74) is 1.42. The van der Waals surface area contributed by atoms with Crippen LogP contribution in [0.15, 0.2) is 35.4 Å². The van der Waals surface area contributed by atoms with E-state index in [1.54, 1.807) is 24.4 Å². The molecule has 1 atom stereocenters. The summed E-state index contributed by atoms with van der Waals surface area (Å²) in [5, 5.41) is 9.11. The van der Waals surface area contributed by atoms with E-state index in [9.17, 15) is 8.42 Å². The van der Waals surface area contributed by atoms with Crippen LogP contribution in [0.1, 0.15) is 19.3 Å². The molecule has 2 aromatic rings. The van der Waals surface area contributed by atoms with Crippen LogP contribution < -0.4 is 10.5 Å². The summed E-state index contributed by atoms with van der Waals surface area (Å²) < 4.78 is 28.9. The maximum absolute atomic E-state index is 11.7. The van der Waals surface area contributed by atoms with Gasteiger partial charge in [-0.05, 0) is 43.5 Å². The van der Waals surface area contributed by atoms with E-state index in [4.69, 9.17) is 9.88 Å². The smallest absolute Gasteiger partial charge is 0.238 e. The van der Waals surface area contributed by atoms with Crippen molar-refractivity contribution in [1.82, 2.24) is 4.98 Å². The molecule has 1 aliphatic heterocycles. The van der Waals surface area contributed by atoms with Gasteiger partial charge in [0.15, 0.2) is 0 Å². The maximum Gasteiger partial charge on any atom is 0.238 e. The van der Waals surface area contributed by atoms with Gasteiger partial charge in [0, 0.05) is 24.7 Å². The van der Waals surface area contributed by atoms with Crippen LogP contribution in [0.3, 0.4) is 0 Å². The maximum atomic E-state index is 11.7. The highest BCUT2D eigenvalue weighted by atomic mass is 32.2. The molecule has 0 unspecified atom stereocenters. The molecule has 2 heterocycles. The Balaban J connectivity index is 1.84. The number of nitrogens with zero attached hydrogens (tertiary/aromatic N) is 1. The molecule has 0 saturated carbocycles. The van der Waals surface area contributed by atoms with E-state index in [-0.39, 0.29) is 4.90 Å². The molecule has 1 aliphatic rings. The lowest BCUT2D eigenvalue weighted by molar-refractivity contribution is 0.107. The predicted molar refractivity (Wildman–Crippen MR) is 85.2 cm³/mol. The van der Waals surface area contributed by atoms with Crippen LogP contribution >= 0.6 is 0 Å². The van der Waals surface area contributed by atoms with E-state index in [1.165, 1.54) is 6.07 Å². The highest BCUT2D eigenvalue weighted by Crippen LogP contribution is 2.27. The van der Waals surface area contributed by atoms with Crippen LogP contribution in [-0.4, -0.2) is 32.7 Å². The first-order valence-corrected chi connectivity index (χ1v) is 8.86. The van der Waals surface area contributed by atoms with Gasteiger partial charge in [-0.3, -0.25) is 4.98 Å². The predicted octanol–water partition coefficient (Wildman–Crippen LogP) is 1.86. The van der Waals surface area contributed by atoms with Crippen molar-refractivity contribution in [1.29, 1.82) is 0 Å². The Morgan fingerprint density at radius 3 is 2.95 bits per heavy atom. The first-order chi connectivity index (χ1) is 10.6. The fourth-order valence-corrected chi connectivity index (χ4v) is 3.51. The number of fused-ring (bicyclic) bond motifs is 1. The zero-order chi connectivity index (χ0) is 15.6. The molecular weight excluding hydrogens is 302 g/mol. The van der Waals surface area contributed by atoms with Gasteiger partial charge in [0.1, 0.15) is 0 Å². The minimum Gasteiger partial charge on any atom is -0.383 e. The number of benzene rings is 1. The zero-order valence-corrected chi connectivity index (χ0v) is 13.0. The minimum atomic E-state index is -3.77. The quantitative estimate of drug-likeness (QED) is 0.876. The lowest BCUT2D eigenvalue weighted by Gasteiger charge is -2.13. The lowest BCUT2D eigenvalue weighted by atomic mass is 10.1. The molecule has 0 radical (unpaired) electrons. The number of hydrogen-bond acceptors (Lipinski definition) is 5. The Hall–Kier alpha value is -1.70. The first-order valence-electron chi connectivity index (χ1n) is 7.32. The van der Waals surface area contributed by atoms with Crippen LogP contribution in [0.4, 0.5) is 5.69 Å². The molecule has 22 heavy (non-hydrogen) atoms. The Labute approximate surface area is 129 Å². The number of pyridine rings is 1. The monoisotopic (exact) mass is 321 g/mol. The molecule has 1 fully saturated rings. The average molecular weight is 321 g/mol. The van der Waals surface area contributed by atoms with Gasteiger partial charge in [-0.15, -0.1) is 0 Å². The van der Waals surface area contributed by atoms with Crippen molar-refractivity contribution < 1.29 is 13.2 Å². The van der Waals surface area contributed by atoms with E-state index in [0.717, 1.165) is 38.1 Å². The Morgan fingerprint density at radius 1 is 1.36 bits per heavy atom. The van der Waals surface area contributed by atoms with E-state index < -0.39 is 10.0 Å². The van der Waals surface area contributed by atoms with Crippen molar-refractivity contribution in [3.63, 3.8) is 0 Å². The molecule has 3 N–H and O–H groups in total. The summed E-state index contributed by atoms with van der Waals surface area (Å²) in [7, 11) is -3.77. The number of aromatic nitrogens is 1. The minimum absolute atomic E-state index is 0.0975. The molecule has 0 spiro atoms. The topological polar surface area (TPSA) is 94.3 Å². The molecule has 0 amide bonds. The molecule has 0 aliphatic carbocycles. The summed E-state index contributed by atoms with van der Waals surface area (Å²) in [6.45, 7) is 1.60. The van der Waals surface area contributed by atoms with Crippen LogP contribution in [-0.2, 0) is 14.8 Å². The van der Waals surface area contributed by atoms with Crippen molar-refractivity contribution in [3.05, 3.63) is 30.5 Å². The molecule has 6 nitrogen and oxygen atoms in total. The number of primary sulfonamides is 1. The number of ether oxygens (including phenoxy) is 1. The zero-order valence-electron chi connectivity index (χ0n) is 12.2. The summed E-state index contributed by atoms with van der Waals surface area (Å²) in [6.07, 6.45) is 5.10. The number of nitrogens with one attached hydrogen (secondary N) is 1. The van der Waals surface area contributed by atoms with Crippen molar-refractivity contribution in [2.24, 2.45) is 5.14 Å². The summed E-state index contributed by atoms with van der Waals surface area (Å²) in [6, 6.07) is 6.65. The van der Waals surface area contributed by atoms with Gasteiger partial charge in [0.25, 0.3) is 0 Å². The van der Waals surface area contributed by atoms with Gasteiger partial charge in [-0.25, -0.2) is 13.6 Å². The SMILES string of the molecule is NS(=O)(=O)c1ccc(NCC[C@@H]2CCCO2)c2ncccc12. The molecule has 1 aromatic heterocycles. The molecule has 1 saturated heterocycles. The van der Waals surface area contributed by atoms with Gasteiger partial charge in [0.05, 0.1) is 22.2 Å². The van der Waals surface area contributed by atoms with Gasteiger partial charge < -0.3 is 10.1 Å². The highest BCUT2D eigenvalue weighted by molar-refractivity contribution is 7.89. The van der Waals surface area contributed by atoms with Gasteiger partial charge in [0.2, 0.25) is 10.0 Å². The third kappa shape index (κ3) is 3.21. The van der Waals surface area contributed by atoms with E-state index in [1.807, 2.05) is 0 Å². The van der Waals surface area contributed by atoms with Gasteiger partial charge in [-0.2, -0.15) is 0 Å². The summed E-state index contributed by atoms with van der Waals surface area (Å²) in [5.74, 6) is 0. The fourth-order valence-electron chi connectivity index (χ4n) is 2.78. The number of anilines is 1. The van der Waals surface area contributed by atoms with Crippen molar-refractivity contribution in [2.75, 3.05) is 18.5 Å². The third-order valence-corrected chi connectivity index (χ3v) is 4.81. The summed E-state index contributed by atoms with van der Waals surface area (Å²) in [4.78, 5) is 4.39. The number of sulfonamides is 1. The standard InChI is InChI=1S/C15H19N3O3S/c16-22(19,20)14-6-5-13(15-12(14)4-1-8-18-15)17-9-7-11-3-2-10-21-11/h1,4-6,8,11,17H,2-3,7,9-10H2,(H2,16,19,20)/t11-/m0/s1. The third-order valence-electron chi connectivity index (χ3n) is 3.84. The average Bonchev–Trinajstić information content (AvgIpc) is 2.99. The van der Waals surface area contributed by atoms with E-state index in [2.05, 4.69) is 10.3 Å². The fraction of sp³-hybridized carbons (Fsp3) is 0.400. The molecular formula is C15H19N3O3S. The second-order valence-electron chi connectivity index (χ2n) is 5.41. The van der Waals surface area contributed by atoms with E-state index in [0.29, 0.717) is 17.0 Å². The van der Waals surface area contributed by atoms with Gasteiger partial charge >= 0.3 is 0 Å². The Morgan fingerprint density at radius 2 is 2.23 bits per heavy atom. The molecule has 7 heteroatoms. The molecule has 1 aromatic carbocycles. The lowest BCUT2D eigenvalue weighted by Crippen LogP contribution is -2.14. The van der Waals surface area contributed by atoms with Crippen LogP contribution in [0.2, 0.25) is 0 Å². The van der Waals surface area contributed by atoms with Crippen LogP contribution in [0.5, 0.6) is 0 Å². The Kier molecular flexibility index (Phi) is 4.28. The molecule has 118 valence electrons. The summed E-state index contributed by atoms with van der Waals surface area (Å²) >= 11 is 0. The number of rotatable bonds is 5. The molecule has 0 bridgehead atoms. The Bertz CT molecular complexity index is 771. The number of nitrogens with two attached hydrogens (primary N) is 1. The highest BCUT2D eigenvalue weighted by Gasteiger charge is 2.17. The van der Waals surface area contributed by atoms with Crippen molar-refractivity contribution >= 4 is 26.6 Å². The van der Waals surface area contributed by atoms with Crippen molar-refractivity contribution in [3.8, 4) is 0 Å². The largest absolute Gasteiger partial charge is 0.383 e. The van der Waals surface area contributed by atoms with Crippen LogP contribution in [0, 0.1) is 0 Å². The molecule has 3 rings (SSSR count). The van der Waals surface area contributed by atoms with Crippen molar-refractivity contribution in [2.45, 2.75) is 30.3 Å². The second kappa shape index (κ2) is 6.20. The van der Waals surface area contributed by atoms with Crippen LogP contribution in [0.25, 0.3) is 10.9 Å². The first kappa shape index (κ1) is 15.2. The number of hydrogen-bond donors (Lipinski definition) is 2. The van der Waals surface area contributed by atoms with Gasteiger partial charge in [-0.1, -0.05) is 0 Å². The van der Waals surface area contributed by atoms with E-state index >= 15 is 0 Å².